The van der Waals surface area contributed by atoms with Gasteiger partial charge >= 0.3 is 5.69 Å². The molecule has 1 saturated heterocycles. The molecular formula is C11H19N7O2. The lowest BCUT2D eigenvalue weighted by molar-refractivity contribution is -0.383. The van der Waals surface area contributed by atoms with Crippen LogP contribution in [0.5, 0.6) is 0 Å². The van der Waals surface area contributed by atoms with Gasteiger partial charge in [-0.15, -0.1) is 0 Å². The molecule has 1 aliphatic heterocycles. The van der Waals surface area contributed by atoms with E-state index in [1.165, 1.54) is 6.33 Å². The van der Waals surface area contributed by atoms with Crippen LogP contribution in [0.15, 0.2) is 6.33 Å². The normalized spacial score (nSPS) is 18.9. The van der Waals surface area contributed by atoms with Crippen molar-refractivity contribution in [1.82, 2.24) is 14.9 Å². The molecule has 1 aromatic heterocycles. The Morgan fingerprint density at radius 3 is 2.70 bits per heavy atom. The van der Waals surface area contributed by atoms with Gasteiger partial charge in [0.1, 0.15) is 6.33 Å². The van der Waals surface area contributed by atoms with E-state index in [0.717, 1.165) is 6.54 Å². The quantitative estimate of drug-likeness (QED) is 0.459. The first kappa shape index (κ1) is 14.4. The molecule has 1 aromatic rings. The Bertz CT molecular complexity index is 519. The molecular weight excluding hydrogens is 262 g/mol. The van der Waals surface area contributed by atoms with E-state index in [2.05, 4.69) is 34.1 Å². The van der Waals surface area contributed by atoms with Crippen LogP contribution >= 0.6 is 0 Å². The number of aromatic nitrogens is 2. The van der Waals surface area contributed by atoms with Crippen molar-refractivity contribution in [2.24, 2.45) is 5.84 Å². The second-order valence-electron chi connectivity index (χ2n) is 5.45. The van der Waals surface area contributed by atoms with Gasteiger partial charge in [-0.25, -0.2) is 15.8 Å². The molecule has 110 valence electrons. The third kappa shape index (κ3) is 2.49. The minimum Gasteiger partial charge on any atom is -0.348 e. The van der Waals surface area contributed by atoms with Crippen LogP contribution in [0.25, 0.3) is 0 Å². The van der Waals surface area contributed by atoms with Gasteiger partial charge in [-0.05, 0) is 20.9 Å². The van der Waals surface area contributed by atoms with Crippen molar-refractivity contribution in [1.29, 1.82) is 0 Å². The molecule has 9 nitrogen and oxygen atoms in total. The van der Waals surface area contributed by atoms with Crippen molar-refractivity contribution in [3.05, 3.63) is 16.4 Å². The number of hydrazine groups is 1. The van der Waals surface area contributed by atoms with Crippen molar-refractivity contribution in [2.45, 2.75) is 19.4 Å². The Morgan fingerprint density at radius 2 is 2.15 bits per heavy atom. The summed E-state index contributed by atoms with van der Waals surface area (Å²) in [6.45, 7) is 6.30. The summed E-state index contributed by atoms with van der Waals surface area (Å²) in [6, 6.07) is 0. The fourth-order valence-electron chi connectivity index (χ4n) is 2.30. The van der Waals surface area contributed by atoms with E-state index >= 15 is 0 Å². The lowest BCUT2D eigenvalue weighted by Crippen LogP contribution is -2.58. The summed E-state index contributed by atoms with van der Waals surface area (Å²) in [5, 5.41) is 11.3. The van der Waals surface area contributed by atoms with E-state index in [9.17, 15) is 10.1 Å². The van der Waals surface area contributed by atoms with Gasteiger partial charge < -0.3 is 10.3 Å². The predicted molar refractivity (Wildman–Crippen MR) is 75.4 cm³/mol. The lowest BCUT2D eigenvalue weighted by atomic mass is 10.00. The van der Waals surface area contributed by atoms with Gasteiger partial charge in [0.2, 0.25) is 11.6 Å². The zero-order valence-electron chi connectivity index (χ0n) is 11.8. The second-order valence-corrected chi connectivity index (χ2v) is 5.45. The fraction of sp³-hybridized carbons (Fsp3) is 0.636. The Hall–Kier alpha value is -2.00. The van der Waals surface area contributed by atoms with Gasteiger partial charge in [0.15, 0.2) is 0 Å². The van der Waals surface area contributed by atoms with Crippen LogP contribution in [0.3, 0.4) is 0 Å². The zero-order chi connectivity index (χ0) is 14.9. The Morgan fingerprint density at radius 1 is 1.45 bits per heavy atom. The van der Waals surface area contributed by atoms with E-state index in [-0.39, 0.29) is 17.0 Å². The Kier molecular flexibility index (Phi) is 3.73. The highest BCUT2D eigenvalue weighted by Crippen LogP contribution is 2.33. The number of anilines is 2. The van der Waals surface area contributed by atoms with Gasteiger partial charge in [-0.2, -0.15) is 0 Å². The summed E-state index contributed by atoms with van der Waals surface area (Å²) < 4.78 is 0. The van der Waals surface area contributed by atoms with Crippen LogP contribution in [-0.2, 0) is 0 Å². The highest BCUT2D eigenvalue weighted by atomic mass is 16.6. The van der Waals surface area contributed by atoms with E-state index in [0.29, 0.717) is 18.9 Å². The molecule has 2 heterocycles. The standard InChI is InChI=1S/C11H19N7O2/c1-11(2)6-17(5-4-16(11)3)10-8(18(19)20)9(15-12)13-7-14-10/h7H,4-6,12H2,1-3H3,(H,13,14,15). The van der Waals surface area contributed by atoms with E-state index in [1.807, 2.05) is 11.9 Å². The number of nitrogens with two attached hydrogens (primary N) is 1. The van der Waals surface area contributed by atoms with Crippen LogP contribution in [0, 0.1) is 10.1 Å². The Balaban J connectivity index is 2.41. The number of rotatable bonds is 3. The second kappa shape index (κ2) is 5.17. The van der Waals surface area contributed by atoms with Crippen molar-refractivity contribution in [2.75, 3.05) is 37.0 Å². The fourth-order valence-corrected chi connectivity index (χ4v) is 2.30. The average Bonchev–Trinajstić information content (AvgIpc) is 2.40. The number of piperazine rings is 1. The number of nitro groups is 1. The molecule has 9 heteroatoms. The van der Waals surface area contributed by atoms with Crippen molar-refractivity contribution >= 4 is 17.3 Å². The molecule has 0 unspecified atom stereocenters. The number of hydrogen-bond acceptors (Lipinski definition) is 8. The maximum atomic E-state index is 11.3. The first-order chi connectivity index (χ1) is 9.36. The summed E-state index contributed by atoms with van der Waals surface area (Å²) in [7, 11) is 2.04. The molecule has 0 radical (unpaired) electrons. The molecule has 20 heavy (non-hydrogen) atoms. The summed E-state index contributed by atoms with van der Waals surface area (Å²) in [5.41, 5.74) is 1.98. The smallest absolute Gasteiger partial charge is 0.348 e. The summed E-state index contributed by atoms with van der Waals surface area (Å²) in [4.78, 5) is 22.8. The molecule has 0 bridgehead atoms. The van der Waals surface area contributed by atoms with Crippen molar-refractivity contribution in [3.63, 3.8) is 0 Å². The number of likely N-dealkylation sites (N-methyl/N-ethyl adjacent to an activating group) is 1. The largest absolute Gasteiger partial charge is 0.354 e. The van der Waals surface area contributed by atoms with E-state index < -0.39 is 4.92 Å². The van der Waals surface area contributed by atoms with E-state index in [1.54, 1.807) is 0 Å². The highest BCUT2D eigenvalue weighted by molar-refractivity contribution is 5.70. The first-order valence-electron chi connectivity index (χ1n) is 6.29. The van der Waals surface area contributed by atoms with Crippen molar-refractivity contribution in [3.8, 4) is 0 Å². The van der Waals surface area contributed by atoms with Crippen LogP contribution in [0.1, 0.15) is 13.8 Å². The molecule has 0 aliphatic carbocycles. The maximum Gasteiger partial charge on any atom is 0.354 e. The van der Waals surface area contributed by atoms with Gasteiger partial charge in [0.25, 0.3) is 0 Å². The molecule has 2 rings (SSSR count). The summed E-state index contributed by atoms with van der Waals surface area (Å²) in [6.07, 6.45) is 1.28. The molecule has 0 atom stereocenters. The summed E-state index contributed by atoms with van der Waals surface area (Å²) in [5.74, 6) is 5.62. The highest BCUT2D eigenvalue weighted by Gasteiger charge is 2.35. The monoisotopic (exact) mass is 281 g/mol. The van der Waals surface area contributed by atoms with Crippen LogP contribution in [0.4, 0.5) is 17.3 Å². The van der Waals surface area contributed by atoms with Crippen LogP contribution < -0.4 is 16.2 Å². The van der Waals surface area contributed by atoms with Gasteiger partial charge in [-0.3, -0.25) is 15.0 Å². The topological polar surface area (TPSA) is 113 Å². The summed E-state index contributed by atoms with van der Waals surface area (Å²) >= 11 is 0. The average molecular weight is 281 g/mol. The third-order valence-electron chi connectivity index (χ3n) is 3.74. The third-order valence-corrected chi connectivity index (χ3v) is 3.74. The van der Waals surface area contributed by atoms with Gasteiger partial charge in [-0.1, -0.05) is 0 Å². The maximum absolute atomic E-state index is 11.3. The molecule has 0 spiro atoms. The SMILES string of the molecule is CN1CCN(c2ncnc(NN)c2[N+](=O)[O-])CC1(C)C. The zero-order valence-corrected chi connectivity index (χ0v) is 11.8. The molecule has 0 amide bonds. The van der Waals surface area contributed by atoms with Crippen LogP contribution in [0.2, 0.25) is 0 Å². The van der Waals surface area contributed by atoms with Gasteiger partial charge in [0, 0.05) is 25.2 Å². The predicted octanol–water partition coefficient (Wildman–Crippen LogP) is 0.201. The number of nitrogens with zero attached hydrogens (tertiary/aromatic N) is 5. The number of hydrogen-bond donors (Lipinski definition) is 2. The molecule has 1 fully saturated rings. The number of nitrogen functional groups attached to an aromatic ring is 1. The molecule has 1 aliphatic rings. The minimum absolute atomic E-state index is 0.0248. The van der Waals surface area contributed by atoms with Crippen molar-refractivity contribution < 1.29 is 4.92 Å². The van der Waals surface area contributed by atoms with E-state index in [4.69, 9.17) is 5.84 Å². The molecule has 3 N–H and O–H groups in total. The lowest BCUT2D eigenvalue weighted by Gasteiger charge is -2.45. The molecule has 0 aromatic carbocycles. The van der Waals surface area contributed by atoms with Crippen LogP contribution in [-0.4, -0.2) is 52.0 Å². The molecule has 0 saturated carbocycles. The van der Waals surface area contributed by atoms with Gasteiger partial charge in [0.05, 0.1) is 4.92 Å². The minimum atomic E-state index is -0.504. The Labute approximate surface area is 116 Å². The number of nitrogens with one attached hydrogen (secondary N) is 1. The first-order valence-corrected chi connectivity index (χ1v) is 6.29.